The number of H-pyrrole nitrogens is 1. The SMILES string of the molecule is COc1ccc2[nH]c(=O)c(CNC(C)C(c3ccccc3)N(C)C)cc2c1. The van der Waals surface area contributed by atoms with E-state index in [0.29, 0.717) is 12.1 Å². The van der Waals surface area contributed by atoms with Crippen molar-refractivity contribution >= 4 is 10.9 Å². The Labute approximate surface area is 160 Å². The third-order valence-electron chi connectivity index (χ3n) is 4.91. The number of nitrogens with zero attached hydrogens (tertiary/aromatic N) is 1. The molecule has 2 aromatic carbocycles. The molecule has 0 aliphatic rings. The third-order valence-corrected chi connectivity index (χ3v) is 4.91. The van der Waals surface area contributed by atoms with E-state index in [1.54, 1.807) is 7.11 Å². The van der Waals surface area contributed by atoms with Crippen LogP contribution in [0, 0.1) is 0 Å². The maximum atomic E-state index is 12.4. The number of pyridine rings is 1. The van der Waals surface area contributed by atoms with E-state index in [2.05, 4.69) is 60.5 Å². The molecule has 0 saturated carbocycles. The monoisotopic (exact) mass is 365 g/mol. The maximum Gasteiger partial charge on any atom is 0.252 e. The van der Waals surface area contributed by atoms with Crippen molar-refractivity contribution < 1.29 is 4.74 Å². The number of benzene rings is 2. The van der Waals surface area contributed by atoms with E-state index >= 15 is 0 Å². The van der Waals surface area contributed by atoms with E-state index in [-0.39, 0.29) is 17.6 Å². The molecule has 0 spiro atoms. The summed E-state index contributed by atoms with van der Waals surface area (Å²) in [7, 11) is 5.79. The van der Waals surface area contributed by atoms with Crippen molar-refractivity contribution in [1.29, 1.82) is 0 Å². The molecule has 27 heavy (non-hydrogen) atoms. The van der Waals surface area contributed by atoms with E-state index in [1.165, 1.54) is 5.56 Å². The molecule has 0 aliphatic carbocycles. The quantitative estimate of drug-likeness (QED) is 0.674. The van der Waals surface area contributed by atoms with Crippen molar-refractivity contribution in [3.8, 4) is 5.75 Å². The molecule has 1 aromatic heterocycles. The number of likely N-dealkylation sites (N-methyl/N-ethyl adjacent to an activating group) is 1. The molecule has 0 fully saturated rings. The van der Waals surface area contributed by atoms with Gasteiger partial charge in [0.25, 0.3) is 5.56 Å². The van der Waals surface area contributed by atoms with Crippen LogP contribution < -0.4 is 15.6 Å². The molecule has 2 unspecified atom stereocenters. The van der Waals surface area contributed by atoms with Crippen LogP contribution in [0.3, 0.4) is 0 Å². The zero-order valence-corrected chi connectivity index (χ0v) is 16.3. The number of methoxy groups -OCH3 is 1. The Hall–Kier alpha value is -2.63. The molecule has 0 amide bonds. The van der Waals surface area contributed by atoms with Crippen LogP contribution in [0.15, 0.2) is 59.4 Å². The van der Waals surface area contributed by atoms with Crippen LogP contribution in [0.1, 0.15) is 24.1 Å². The van der Waals surface area contributed by atoms with Gasteiger partial charge in [-0.1, -0.05) is 30.3 Å². The molecule has 5 heteroatoms. The molecule has 3 rings (SSSR count). The molecule has 0 radical (unpaired) electrons. The topological polar surface area (TPSA) is 57.4 Å². The molecule has 142 valence electrons. The average Bonchev–Trinajstić information content (AvgIpc) is 2.66. The van der Waals surface area contributed by atoms with Gasteiger partial charge in [0.1, 0.15) is 5.75 Å². The van der Waals surface area contributed by atoms with Gasteiger partial charge in [-0.05, 0) is 50.8 Å². The number of nitrogens with one attached hydrogen (secondary N) is 2. The lowest BCUT2D eigenvalue weighted by molar-refractivity contribution is 0.239. The van der Waals surface area contributed by atoms with E-state index in [9.17, 15) is 4.79 Å². The molecular formula is C22H27N3O2. The normalized spacial score (nSPS) is 13.7. The van der Waals surface area contributed by atoms with E-state index in [0.717, 1.165) is 16.7 Å². The Morgan fingerprint density at radius 1 is 1.11 bits per heavy atom. The zero-order valence-electron chi connectivity index (χ0n) is 16.3. The van der Waals surface area contributed by atoms with Crippen molar-refractivity contribution in [2.24, 2.45) is 0 Å². The van der Waals surface area contributed by atoms with Crippen LogP contribution in [0.25, 0.3) is 10.9 Å². The lowest BCUT2D eigenvalue weighted by Gasteiger charge is -2.31. The van der Waals surface area contributed by atoms with Gasteiger partial charge in [-0.3, -0.25) is 4.79 Å². The van der Waals surface area contributed by atoms with Crippen LogP contribution in [0.5, 0.6) is 5.75 Å². The van der Waals surface area contributed by atoms with Gasteiger partial charge in [0.2, 0.25) is 0 Å². The highest BCUT2D eigenvalue weighted by atomic mass is 16.5. The largest absolute Gasteiger partial charge is 0.497 e. The Bertz CT molecular complexity index is 951. The molecule has 3 aromatic rings. The summed E-state index contributed by atoms with van der Waals surface area (Å²) < 4.78 is 5.28. The lowest BCUT2D eigenvalue weighted by atomic mass is 9.99. The van der Waals surface area contributed by atoms with Crippen molar-refractivity contribution in [2.75, 3.05) is 21.2 Å². The number of aromatic amines is 1. The minimum atomic E-state index is -0.0616. The predicted octanol–water partition coefficient (Wildman–Crippen LogP) is 3.32. The average molecular weight is 365 g/mol. The van der Waals surface area contributed by atoms with Gasteiger partial charge < -0.3 is 19.9 Å². The van der Waals surface area contributed by atoms with Crippen molar-refractivity contribution in [3.63, 3.8) is 0 Å². The van der Waals surface area contributed by atoms with Crippen LogP contribution >= 0.6 is 0 Å². The lowest BCUT2D eigenvalue weighted by Crippen LogP contribution is -2.39. The summed E-state index contributed by atoms with van der Waals surface area (Å²) in [6.07, 6.45) is 0. The second-order valence-corrected chi connectivity index (χ2v) is 7.07. The Balaban J connectivity index is 1.80. The first-order valence-electron chi connectivity index (χ1n) is 9.14. The zero-order chi connectivity index (χ0) is 19.4. The molecule has 2 atom stereocenters. The number of hydrogen-bond acceptors (Lipinski definition) is 4. The molecule has 0 bridgehead atoms. The number of hydrogen-bond donors (Lipinski definition) is 2. The Morgan fingerprint density at radius 2 is 1.85 bits per heavy atom. The second-order valence-electron chi connectivity index (χ2n) is 7.07. The maximum absolute atomic E-state index is 12.4. The standard InChI is InChI=1S/C22H27N3O2/c1-15(21(25(2)3)16-8-6-5-7-9-16)23-14-18-12-17-13-19(27-4)10-11-20(17)24-22(18)26/h5-13,15,21,23H,14H2,1-4H3,(H,24,26). The van der Waals surface area contributed by atoms with Crippen molar-refractivity contribution in [3.05, 3.63) is 76.1 Å². The van der Waals surface area contributed by atoms with E-state index in [4.69, 9.17) is 4.74 Å². The highest BCUT2D eigenvalue weighted by Crippen LogP contribution is 2.22. The smallest absolute Gasteiger partial charge is 0.252 e. The minimum absolute atomic E-state index is 0.0616. The summed E-state index contributed by atoms with van der Waals surface area (Å²) >= 11 is 0. The molecule has 2 N–H and O–H groups in total. The molecule has 5 nitrogen and oxygen atoms in total. The summed E-state index contributed by atoms with van der Waals surface area (Å²) in [5, 5.41) is 4.48. The van der Waals surface area contributed by atoms with Gasteiger partial charge in [0, 0.05) is 35.1 Å². The minimum Gasteiger partial charge on any atom is -0.497 e. The van der Waals surface area contributed by atoms with Crippen LogP contribution in [0.2, 0.25) is 0 Å². The van der Waals surface area contributed by atoms with Gasteiger partial charge in [0.05, 0.1) is 7.11 Å². The highest BCUT2D eigenvalue weighted by Gasteiger charge is 2.21. The number of aromatic nitrogens is 1. The second kappa shape index (κ2) is 8.37. The van der Waals surface area contributed by atoms with Crippen LogP contribution in [-0.4, -0.2) is 37.1 Å². The highest BCUT2D eigenvalue weighted by molar-refractivity contribution is 5.80. The number of ether oxygens (including phenoxy) is 1. The molecular weight excluding hydrogens is 338 g/mol. The van der Waals surface area contributed by atoms with Crippen LogP contribution in [-0.2, 0) is 6.54 Å². The van der Waals surface area contributed by atoms with Gasteiger partial charge in [-0.15, -0.1) is 0 Å². The molecule has 0 saturated heterocycles. The Kier molecular flexibility index (Phi) is 5.94. The predicted molar refractivity (Wildman–Crippen MR) is 110 cm³/mol. The fraction of sp³-hybridized carbons (Fsp3) is 0.318. The first-order valence-corrected chi connectivity index (χ1v) is 9.14. The van der Waals surface area contributed by atoms with Gasteiger partial charge in [-0.2, -0.15) is 0 Å². The number of fused-ring (bicyclic) bond motifs is 1. The number of rotatable bonds is 7. The summed E-state index contributed by atoms with van der Waals surface area (Å²) in [5.41, 5.74) is 2.72. The van der Waals surface area contributed by atoms with Gasteiger partial charge >= 0.3 is 0 Å². The van der Waals surface area contributed by atoms with Gasteiger partial charge in [0.15, 0.2) is 0 Å². The summed E-state index contributed by atoms with van der Waals surface area (Å²) in [6, 6.07) is 18.4. The summed E-state index contributed by atoms with van der Waals surface area (Å²) in [5.74, 6) is 0.776. The fourth-order valence-electron chi connectivity index (χ4n) is 3.56. The Morgan fingerprint density at radius 3 is 2.52 bits per heavy atom. The first-order chi connectivity index (χ1) is 13.0. The first kappa shape index (κ1) is 19.1. The van der Waals surface area contributed by atoms with Crippen molar-refractivity contribution in [2.45, 2.75) is 25.6 Å². The summed E-state index contributed by atoms with van der Waals surface area (Å²) in [6.45, 7) is 2.65. The summed E-state index contributed by atoms with van der Waals surface area (Å²) in [4.78, 5) is 17.6. The van der Waals surface area contributed by atoms with Gasteiger partial charge in [-0.25, -0.2) is 0 Å². The fourth-order valence-corrected chi connectivity index (χ4v) is 3.56. The molecule has 1 heterocycles. The van der Waals surface area contributed by atoms with Crippen molar-refractivity contribution in [1.82, 2.24) is 15.2 Å². The van der Waals surface area contributed by atoms with Crippen LogP contribution in [0.4, 0.5) is 0 Å². The third kappa shape index (κ3) is 4.38. The molecule has 0 aliphatic heterocycles. The van der Waals surface area contributed by atoms with E-state index < -0.39 is 0 Å². The van der Waals surface area contributed by atoms with E-state index in [1.807, 2.05) is 30.3 Å².